The quantitative estimate of drug-likeness (QED) is 0.0261. The zero-order chi connectivity index (χ0) is 50.1. The van der Waals surface area contributed by atoms with Gasteiger partial charge in [-0.05, 0) is 44.9 Å². The third-order valence-corrected chi connectivity index (χ3v) is 13.3. The van der Waals surface area contributed by atoms with Crippen molar-refractivity contribution in [1.29, 1.82) is 0 Å². The SMILES string of the molecule is CC/C=C\C/C=C\C/C=C\C/C=C\C/C=C\CC(=O)NC(COC1OC(CO)C(O)C(O)C1O)C(O)/C=C/CCCCCCCCCCCCCCCCCCCCCCCCCCCCCCC. The van der Waals surface area contributed by atoms with Gasteiger partial charge in [0.2, 0.25) is 5.91 Å². The average Bonchev–Trinajstić information content (AvgIpc) is 3.35. The fraction of sp³-hybridized carbons (Fsp3) is 0.783. The average molecular weight is 971 g/mol. The van der Waals surface area contributed by atoms with Gasteiger partial charge in [-0.1, -0.05) is 267 Å². The molecule has 1 saturated heterocycles. The van der Waals surface area contributed by atoms with E-state index < -0.39 is 49.5 Å². The van der Waals surface area contributed by atoms with E-state index in [0.717, 1.165) is 44.9 Å². The van der Waals surface area contributed by atoms with Gasteiger partial charge in [-0.3, -0.25) is 4.79 Å². The summed E-state index contributed by atoms with van der Waals surface area (Å²) >= 11 is 0. The van der Waals surface area contributed by atoms with Crippen molar-refractivity contribution in [2.45, 2.75) is 288 Å². The van der Waals surface area contributed by atoms with Gasteiger partial charge in [-0.2, -0.15) is 0 Å². The first-order chi connectivity index (χ1) is 33.8. The zero-order valence-corrected chi connectivity index (χ0v) is 44.3. The number of allylic oxidation sites excluding steroid dienone is 10. The molecule has 1 fully saturated rings. The van der Waals surface area contributed by atoms with Crippen LogP contribution in [0.1, 0.15) is 245 Å². The molecule has 0 aromatic heterocycles. The van der Waals surface area contributed by atoms with E-state index in [-0.39, 0.29) is 18.9 Å². The minimum Gasteiger partial charge on any atom is -0.394 e. The Kier molecular flexibility index (Phi) is 46.1. The van der Waals surface area contributed by atoms with Crippen LogP contribution in [0.2, 0.25) is 0 Å². The number of carbonyl (C=O) groups is 1. The van der Waals surface area contributed by atoms with Crippen LogP contribution in [0.25, 0.3) is 0 Å². The lowest BCUT2D eigenvalue weighted by Gasteiger charge is -2.40. The molecule has 0 aromatic rings. The molecule has 7 unspecified atom stereocenters. The molecule has 0 radical (unpaired) electrons. The van der Waals surface area contributed by atoms with Crippen LogP contribution in [-0.4, -0.2) is 87.5 Å². The lowest BCUT2D eigenvalue weighted by Crippen LogP contribution is -2.60. The predicted molar refractivity (Wildman–Crippen MR) is 290 cm³/mol. The molecular weight excluding hydrogens is 863 g/mol. The summed E-state index contributed by atoms with van der Waals surface area (Å²) in [5, 5.41) is 54.3. The highest BCUT2D eigenvalue weighted by Crippen LogP contribution is 2.23. The molecular formula is C60H107NO8. The third-order valence-electron chi connectivity index (χ3n) is 13.3. The molecule has 1 aliphatic rings. The summed E-state index contributed by atoms with van der Waals surface area (Å²) in [7, 11) is 0. The molecule has 9 heteroatoms. The molecule has 0 aliphatic carbocycles. The fourth-order valence-corrected chi connectivity index (χ4v) is 8.81. The molecule has 1 heterocycles. The second-order valence-electron chi connectivity index (χ2n) is 19.7. The number of rotatable bonds is 48. The Balaban J connectivity index is 2.20. The number of carbonyl (C=O) groups excluding carboxylic acids is 1. The van der Waals surface area contributed by atoms with Crippen molar-refractivity contribution in [2.75, 3.05) is 13.2 Å². The van der Waals surface area contributed by atoms with E-state index >= 15 is 0 Å². The maximum atomic E-state index is 12.9. The number of aliphatic hydroxyl groups is 5. The molecule has 6 N–H and O–H groups in total. The summed E-state index contributed by atoms with van der Waals surface area (Å²) in [6.45, 7) is 3.61. The minimum atomic E-state index is -1.59. The van der Waals surface area contributed by atoms with Crippen LogP contribution < -0.4 is 5.32 Å². The molecule has 9 nitrogen and oxygen atoms in total. The summed E-state index contributed by atoms with van der Waals surface area (Å²) in [5.74, 6) is -0.304. The molecule has 69 heavy (non-hydrogen) atoms. The van der Waals surface area contributed by atoms with E-state index in [1.54, 1.807) is 12.2 Å². The smallest absolute Gasteiger partial charge is 0.224 e. The predicted octanol–water partition coefficient (Wildman–Crippen LogP) is 14.1. The van der Waals surface area contributed by atoms with Gasteiger partial charge in [0.15, 0.2) is 6.29 Å². The van der Waals surface area contributed by atoms with Gasteiger partial charge in [0.05, 0.1) is 25.4 Å². The van der Waals surface area contributed by atoms with Crippen molar-refractivity contribution in [3.05, 3.63) is 72.9 Å². The van der Waals surface area contributed by atoms with Gasteiger partial charge in [0.1, 0.15) is 24.4 Å². The number of aliphatic hydroxyl groups excluding tert-OH is 5. The Bertz CT molecular complexity index is 1310. The lowest BCUT2D eigenvalue weighted by atomic mass is 9.99. The van der Waals surface area contributed by atoms with Gasteiger partial charge in [-0.15, -0.1) is 0 Å². The fourth-order valence-electron chi connectivity index (χ4n) is 8.81. The first kappa shape index (κ1) is 64.6. The molecule has 0 aromatic carbocycles. The van der Waals surface area contributed by atoms with E-state index in [0.29, 0.717) is 6.42 Å². The number of nitrogens with one attached hydrogen (secondary N) is 1. The van der Waals surface area contributed by atoms with Crippen LogP contribution in [-0.2, 0) is 14.3 Å². The Hall–Kier alpha value is -2.37. The number of unbranched alkanes of at least 4 members (excludes halogenated alkanes) is 29. The third kappa shape index (κ3) is 38.9. The highest BCUT2D eigenvalue weighted by Gasteiger charge is 2.44. The van der Waals surface area contributed by atoms with Gasteiger partial charge in [0, 0.05) is 6.42 Å². The highest BCUT2D eigenvalue weighted by atomic mass is 16.7. The Morgan fingerprint density at radius 2 is 0.884 bits per heavy atom. The molecule has 1 aliphatic heterocycles. The van der Waals surface area contributed by atoms with Crippen LogP contribution >= 0.6 is 0 Å². The maximum Gasteiger partial charge on any atom is 0.224 e. The van der Waals surface area contributed by atoms with E-state index in [1.165, 1.54) is 173 Å². The Labute approximate surface area is 423 Å². The van der Waals surface area contributed by atoms with Crippen LogP contribution in [0.5, 0.6) is 0 Å². The van der Waals surface area contributed by atoms with Gasteiger partial charge >= 0.3 is 0 Å². The number of amides is 1. The molecule has 0 bridgehead atoms. The molecule has 0 spiro atoms. The first-order valence-corrected chi connectivity index (χ1v) is 28.7. The van der Waals surface area contributed by atoms with Crippen molar-refractivity contribution in [1.82, 2.24) is 5.32 Å². The van der Waals surface area contributed by atoms with Gasteiger partial charge < -0.3 is 40.3 Å². The summed E-state index contributed by atoms with van der Waals surface area (Å²) in [4.78, 5) is 12.9. The van der Waals surface area contributed by atoms with E-state index in [9.17, 15) is 30.3 Å². The molecule has 1 rings (SSSR count). The van der Waals surface area contributed by atoms with Crippen LogP contribution in [0.15, 0.2) is 72.9 Å². The summed E-state index contributed by atoms with van der Waals surface area (Å²) in [6, 6.07) is -0.864. The molecule has 1 amide bonds. The summed E-state index contributed by atoms with van der Waals surface area (Å²) < 4.78 is 11.2. The highest BCUT2D eigenvalue weighted by molar-refractivity contribution is 5.77. The number of hydrogen-bond donors (Lipinski definition) is 6. The Morgan fingerprint density at radius 1 is 0.507 bits per heavy atom. The van der Waals surface area contributed by atoms with Crippen molar-refractivity contribution in [2.24, 2.45) is 0 Å². The molecule has 400 valence electrons. The van der Waals surface area contributed by atoms with Crippen molar-refractivity contribution in [3.63, 3.8) is 0 Å². The first-order valence-electron chi connectivity index (χ1n) is 28.7. The summed E-state index contributed by atoms with van der Waals surface area (Å²) in [6.07, 6.45) is 61.6. The largest absolute Gasteiger partial charge is 0.394 e. The van der Waals surface area contributed by atoms with E-state index in [2.05, 4.69) is 67.8 Å². The van der Waals surface area contributed by atoms with Crippen LogP contribution in [0, 0.1) is 0 Å². The normalized spacial score (nSPS) is 20.0. The van der Waals surface area contributed by atoms with Crippen LogP contribution in [0.3, 0.4) is 0 Å². The van der Waals surface area contributed by atoms with Gasteiger partial charge in [-0.25, -0.2) is 0 Å². The second-order valence-corrected chi connectivity index (χ2v) is 19.7. The Morgan fingerprint density at radius 3 is 1.28 bits per heavy atom. The zero-order valence-electron chi connectivity index (χ0n) is 44.3. The van der Waals surface area contributed by atoms with E-state index in [4.69, 9.17) is 9.47 Å². The molecule has 7 atom stereocenters. The second kappa shape index (κ2) is 49.2. The maximum absolute atomic E-state index is 12.9. The monoisotopic (exact) mass is 970 g/mol. The van der Waals surface area contributed by atoms with Crippen molar-refractivity contribution < 1.29 is 39.8 Å². The van der Waals surface area contributed by atoms with E-state index in [1.807, 2.05) is 12.2 Å². The van der Waals surface area contributed by atoms with Crippen molar-refractivity contribution >= 4 is 5.91 Å². The van der Waals surface area contributed by atoms with Crippen molar-refractivity contribution in [3.8, 4) is 0 Å². The van der Waals surface area contributed by atoms with Gasteiger partial charge in [0.25, 0.3) is 0 Å². The van der Waals surface area contributed by atoms with Crippen LogP contribution in [0.4, 0.5) is 0 Å². The topological polar surface area (TPSA) is 149 Å². The number of ether oxygens (including phenoxy) is 2. The molecule has 0 saturated carbocycles. The summed E-state index contributed by atoms with van der Waals surface area (Å²) in [5.41, 5.74) is 0. The minimum absolute atomic E-state index is 0.111. The standard InChI is InChI=1S/C60H107NO8/c1-3-5-7-9-11-13-15-17-19-20-21-22-23-24-25-26-27-28-29-30-31-32-33-34-36-37-39-41-43-45-47-49-54(63)53(52-68-60-59(67)58(66)57(65)55(51-62)69-60)61-56(64)50-48-46-44-42-40-38-35-18-16-14-12-10-8-6-4-2/h6,8,12,14,18,35,40,42,46-49,53-55,57-60,62-63,65-67H,3-5,7,9-11,13,15-17,19-34,36-39,41,43-45,50-52H2,1-2H3,(H,61,64)/b8-6-,14-12-,35-18-,42-40-,48-46-,49-47+. The lowest BCUT2D eigenvalue weighted by molar-refractivity contribution is -0.302. The number of hydrogen-bond acceptors (Lipinski definition) is 8.